The first kappa shape index (κ1) is 31.6. The highest BCUT2D eigenvalue weighted by Gasteiger charge is 2.32. The van der Waals surface area contributed by atoms with Crippen molar-refractivity contribution in [1.29, 1.82) is 0 Å². The quantitative estimate of drug-likeness (QED) is 0.168. The molecular formula is C29H30F6N2O4. The number of carbonyl (C=O) groups is 1. The number of esters is 1. The van der Waals surface area contributed by atoms with Crippen LogP contribution in [0.4, 0.5) is 32.2 Å². The van der Waals surface area contributed by atoms with Gasteiger partial charge in [-0.1, -0.05) is 30.3 Å². The fourth-order valence-corrected chi connectivity index (χ4v) is 3.86. The Hall–Kier alpha value is -3.96. The summed E-state index contributed by atoms with van der Waals surface area (Å²) in [4.78, 5) is 18.1. The SMILES string of the molecule is CCOC(=O)C(C)(C)Oc1ccc(CCN(Cc2ccc(OC(F)(F)F)cc2)c2ccc(CC(F)(F)F)cn2)cc1. The fraction of sp³-hybridized carbons (Fsp3) is 0.379. The average Bonchev–Trinajstić information content (AvgIpc) is 2.87. The zero-order chi connectivity index (χ0) is 30.3. The van der Waals surface area contributed by atoms with E-state index in [1.807, 2.05) is 17.0 Å². The first-order chi connectivity index (χ1) is 19.1. The Kier molecular flexibility index (Phi) is 10.1. The molecule has 3 aromatic rings. The monoisotopic (exact) mass is 584 g/mol. The molecule has 0 saturated heterocycles. The van der Waals surface area contributed by atoms with Crippen LogP contribution in [0.3, 0.4) is 0 Å². The number of halogens is 6. The van der Waals surface area contributed by atoms with Crippen LogP contribution in [0.5, 0.6) is 11.5 Å². The molecule has 0 aliphatic heterocycles. The molecule has 0 fully saturated rings. The summed E-state index contributed by atoms with van der Waals surface area (Å²) in [5.74, 6) is 0.0109. The summed E-state index contributed by atoms with van der Waals surface area (Å²) in [7, 11) is 0. The van der Waals surface area contributed by atoms with E-state index in [-0.39, 0.29) is 24.5 Å². The Labute approximate surface area is 233 Å². The molecule has 0 aliphatic carbocycles. The number of pyridine rings is 1. The predicted octanol–water partition coefficient (Wildman–Crippen LogP) is 7.05. The van der Waals surface area contributed by atoms with E-state index in [4.69, 9.17) is 9.47 Å². The van der Waals surface area contributed by atoms with Crippen LogP contribution in [0.25, 0.3) is 0 Å². The lowest BCUT2D eigenvalue weighted by atomic mass is 10.1. The van der Waals surface area contributed by atoms with Crippen LogP contribution >= 0.6 is 0 Å². The van der Waals surface area contributed by atoms with Gasteiger partial charge in [-0.25, -0.2) is 9.78 Å². The first-order valence-corrected chi connectivity index (χ1v) is 12.7. The third-order valence-corrected chi connectivity index (χ3v) is 5.80. The van der Waals surface area contributed by atoms with Crippen molar-refractivity contribution in [3.8, 4) is 11.5 Å². The predicted molar refractivity (Wildman–Crippen MR) is 140 cm³/mol. The smallest absolute Gasteiger partial charge is 0.476 e. The molecular weight excluding hydrogens is 554 g/mol. The number of anilines is 1. The van der Waals surface area contributed by atoms with E-state index in [2.05, 4.69) is 9.72 Å². The van der Waals surface area contributed by atoms with Crippen molar-refractivity contribution >= 4 is 11.8 Å². The molecule has 0 N–H and O–H groups in total. The van der Waals surface area contributed by atoms with Crippen molar-refractivity contribution in [2.45, 2.75) is 58.3 Å². The zero-order valence-corrected chi connectivity index (χ0v) is 22.7. The minimum Gasteiger partial charge on any atom is -0.476 e. The second kappa shape index (κ2) is 13.1. The molecule has 0 bridgehead atoms. The van der Waals surface area contributed by atoms with E-state index in [0.29, 0.717) is 30.1 Å². The van der Waals surface area contributed by atoms with E-state index in [9.17, 15) is 31.1 Å². The molecule has 1 aromatic heterocycles. The fourth-order valence-electron chi connectivity index (χ4n) is 3.86. The minimum absolute atomic E-state index is 0.0104. The summed E-state index contributed by atoms with van der Waals surface area (Å²) in [6.07, 6.45) is -8.63. The molecule has 3 rings (SSSR count). The zero-order valence-electron chi connectivity index (χ0n) is 22.7. The minimum atomic E-state index is -4.81. The molecule has 0 spiro atoms. The maximum absolute atomic E-state index is 12.8. The Morgan fingerprint density at radius 3 is 1.88 bits per heavy atom. The van der Waals surface area contributed by atoms with Crippen molar-refractivity contribution in [3.63, 3.8) is 0 Å². The van der Waals surface area contributed by atoms with E-state index < -0.39 is 30.5 Å². The molecule has 0 radical (unpaired) electrons. The topological polar surface area (TPSA) is 60.9 Å². The molecule has 12 heteroatoms. The Morgan fingerprint density at radius 2 is 1.37 bits per heavy atom. The second-order valence-electron chi connectivity index (χ2n) is 9.66. The van der Waals surface area contributed by atoms with Crippen molar-refractivity contribution < 1.29 is 45.3 Å². The van der Waals surface area contributed by atoms with E-state index in [0.717, 1.165) is 11.8 Å². The van der Waals surface area contributed by atoms with Gasteiger partial charge in [-0.2, -0.15) is 13.2 Å². The summed E-state index contributed by atoms with van der Waals surface area (Å²) < 4.78 is 90.6. The van der Waals surface area contributed by atoms with Gasteiger partial charge in [0, 0.05) is 19.3 Å². The molecule has 6 nitrogen and oxygen atoms in total. The largest absolute Gasteiger partial charge is 0.573 e. The van der Waals surface area contributed by atoms with E-state index in [1.54, 1.807) is 32.9 Å². The first-order valence-electron chi connectivity index (χ1n) is 12.7. The highest BCUT2D eigenvalue weighted by molar-refractivity contribution is 5.79. The summed E-state index contributed by atoms with van der Waals surface area (Å²) in [5.41, 5.74) is 0.375. The molecule has 0 atom stereocenters. The van der Waals surface area contributed by atoms with Gasteiger partial charge in [0.15, 0.2) is 5.60 Å². The second-order valence-corrected chi connectivity index (χ2v) is 9.66. The average molecular weight is 585 g/mol. The van der Waals surface area contributed by atoms with Gasteiger partial charge in [-0.05, 0) is 74.2 Å². The van der Waals surface area contributed by atoms with Crippen LogP contribution in [-0.2, 0) is 28.9 Å². The van der Waals surface area contributed by atoms with Crippen molar-refractivity contribution in [2.24, 2.45) is 0 Å². The summed E-state index contributed by atoms with van der Waals surface area (Å²) in [5, 5.41) is 0. The molecule has 0 amide bonds. The molecule has 222 valence electrons. The lowest BCUT2D eigenvalue weighted by Gasteiger charge is -2.25. The maximum Gasteiger partial charge on any atom is 0.573 e. The third kappa shape index (κ3) is 10.5. The number of rotatable bonds is 12. The van der Waals surface area contributed by atoms with Crippen LogP contribution in [0.2, 0.25) is 0 Å². The van der Waals surface area contributed by atoms with Crippen molar-refractivity contribution in [1.82, 2.24) is 4.98 Å². The number of nitrogens with zero attached hydrogens (tertiary/aromatic N) is 2. The van der Waals surface area contributed by atoms with Gasteiger partial charge in [0.1, 0.15) is 17.3 Å². The van der Waals surface area contributed by atoms with Gasteiger partial charge in [-0.3, -0.25) is 0 Å². The van der Waals surface area contributed by atoms with Crippen LogP contribution in [-0.4, -0.2) is 42.2 Å². The number of benzene rings is 2. The number of aromatic nitrogens is 1. The standard InChI is InChI=1S/C29H30F6N2O4/c1-4-39-26(38)27(2,3)40-23-10-5-20(6-11-23)15-16-37(25-14-9-22(18-36-25)17-28(30,31)32)19-21-7-12-24(13-8-21)41-29(33,34)35/h5-14,18H,4,15-17,19H2,1-3H3. The van der Waals surface area contributed by atoms with Crippen molar-refractivity contribution in [2.75, 3.05) is 18.1 Å². The number of carbonyl (C=O) groups excluding carboxylic acids is 1. The normalized spacial score (nSPS) is 12.1. The van der Waals surface area contributed by atoms with Gasteiger partial charge in [0.25, 0.3) is 0 Å². The van der Waals surface area contributed by atoms with Gasteiger partial charge in [0.05, 0.1) is 13.0 Å². The van der Waals surface area contributed by atoms with E-state index in [1.165, 1.54) is 36.4 Å². The van der Waals surface area contributed by atoms with Crippen LogP contribution < -0.4 is 14.4 Å². The summed E-state index contributed by atoms with van der Waals surface area (Å²) in [6.45, 7) is 5.76. The molecule has 0 aliphatic rings. The van der Waals surface area contributed by atoms with Crippen LogP contribution in [0, 0.1) is 0 Å². The number of alkyl halides is 6. The summed E-state index contributed by atoms with van der Waals surface area (Å²) >= 11 is 0. The maximum atomic E-state index is 12.8. The molecule has 0 unspecified atom stereocenters. The van der Waals surface area contributed by atoms with E-state index >= 15 is 0 Å². The van der Waals surface area contributed by atoms with Gasteiger partial charge >= 0.3 is 18.5 Å². The number of hydrogen-bond donors (Lipinski definition) is 0. The molecule has 41 heavy (non-hydrogen) atoms. The molecule has 2 aromatic carbocycles. The van der Waals surface area contributed by atoms with Gasteiger partial charge in [-0.15, -0.1) is 13.2 Å². The highest BCUT2D eigenvalue weighted by Crippen LogP contribution is 2.26. The lowest BCUT2D eigenvalue weighted by Crippen LogP contribution is -2.39. The highest BCUT2D eigenvalue weighted by atomic mass is 19.4. The van der Waals surface area contributed by atoms with Gasteiger partial charge in [0.2, 0.25) is 0 Å². The van der Waals surface area contributed by atoms with Gasteiger partial charge < -0.3 is 19.1 Å². The van der Waals surface area contributed by atoms with Crippen molar-refractivity contribution in [3.05, 3.63) is 83.6 Å². The molecule has 1 heterocycles. The Bertz CT molecular complexity index is 1260. The third-order valence-electron chi connectivity index (χ3n) is 5.80. The Morgan fingerprint density at radius 1 is 0.805 bits per heavy atom. The lowest BCUT2D eigenvalue weighted by molar-refractivity contribution is -0.274. The molecule has 0 saturated carbocycles. The number of hydrogen-bond acceptors (Lipinski definition) is 6. The Balaban J connectivity index is 1.74. The number of ether oxygens (including phenoxy) is 3. The van der Waals surface area contributed by atoms with Crippen LogP contribution in [0.15, 0.2) is 66.9 Å². The summed E-state index contributed by atoms with van der Waals surface area (Å²) in [6, 6.07) is 15.2. The van der Waals surface area contributed by atoms with Crippen LogP contribution in [0.1, 0.15) is 37.5 Å².